The van der Waals surface area contributed by atoms with Crippen LogP contribution in [0.15, 0.2) is 24.3 Å². The molecular weight excluding hydrogens is 232 g/mol. The van der Waals surface area contributed by atoms with Gasteiger partial charge in [-0.1, -0.05) is 12.1 Å². The maximum Gasteiger partial charge on any atom is 0.228 e. The molecule has 0 atom stereocenters. The Labute approximate surface area is 107 Å². The number of nitrogens with zero attached hydrogens (tertiary/aromatic N) is 1. The van der Waals surface area contributed by atoms with Gasteiger partial charge in [0.25, 0.3) is 0 Å². The Balaban J connectivity index is 2.31. The molecule has 0 heterocycles. The molecule has 0 amide bonds. The van der Waals surface area contributed by atoms with Crippen LogP contribution in [0.3, 0.4) is 0 Å². The SMILES string of the molecule is COc1ccc(CCNCC(C)(C)[N+](=O)[O-])cc1. The number of ether oxygens (including phenoxy) is 1. The maximum atomic E-state index is 10.7. The van der Waals surface area contributed by atoms with Gasteiger partial charge >= 0.3 is 0 Å². The van der Waals surface area contributed by atoms with Gasteiger partial charge in [-0.15, -0.1) is 0 Å². The summed E-state index contributed by atoms with van der Waals surface area (Å²) in [4.78, 5) is 10.5. The molecule has 0 radical (unpaired) electrons. The Morgan fingerprint density at radius 3 is 2.44 bits per heavy atom. The number of hydrogen-bond acceptors (Lipinski definition) is 4. The predicted octanol–water partition coefficient (Wildman–Crippen LogP) is 1.88. The predicted molar refractivity (Wildman–Crippen MR) is 70.6 cm³/mol. The Bertz CT molecular complexity index is 388. The van der Waals surface area contributed by atoms with Crippen molar-refractivity contribution in [1.82, 2.24) is 5.32 Å². The van der Waals surface area contributed by atoms with E-state index in [0.717, 1.165) is 18.7 Å². The molecule has 0 aliphatic heterocycles. The molecule has 0 saturated carbocycles. The highest BCUT2D eigenvalue weighted by Gasteiger charge is 2.29. The molecule has 0 fully saturated rings. The lowest BCUT2D eigenvalue weighted by Gasteiger charge is -2.16. The number of nitro groups is 1. The minimum Gasteiger partial charge on any atom is -0.497 e. The van der Waals surface area contributed by atoms with Crippen molar-refractivity contribution in [3.05, 3.63) is 39.9 Å². The van der Waals surface area contributed by atoms with E-state index in [4.69, 9.17) is 4.74 Å². The monoisotopic (exact) mass is 252 g/mol. The summed E-state index contributed by atoms with van der Waals surface area (Å²) < 4.78 is 5.08. The summed E-state index contributed by atoms with van der Waals surface area (Å²) in [5, 5.41) is 13.8. The van der Waals surface area contributed by atoms with E-state index in [1.165, 1.54) is 5.56 Å². The Hall–Kier alpha value is -1.62. The molecular formula is C13H20N2O3. The fourth-order valence-corrected chi connectivity index (χ4v) is 1.48. The molecule has 1 rings (SSSR count). The Morgan fingerprint density at radius 2 is 1.94 bits per heavy atom. The van der Waals surface area contributed by atoms with E-state index in [2.05, 4.69) is 5.32 Å². The van der Waals surface area contributed by atoms with Gasteiger partial charge in [-0.05, 0) is 30.7 Å². The van der Waals surface area contributed by atoms with Crippen LogP contribution in [-0.2, 0) is 6.42 Å². The van der Waals surface area contributed by atoms with Crippen molar-refractivity contribution >= 4 is 0 Å². The normalized spacial score (nSPS) is 11.3. The van der Waals surface area contributed by atoms with Crippen molar-refractivity contribution < 1.29 is 9.66 Å². The van der Waals surface area contributed by atoms with Crippen LogP contribution in [0.5, 0.6) is 5.75 Å². The zero-order valence-electron chi connectivity index (χ0n) is 11.1. The zero-order valence-corrected chi connectivity index (χ0v) is 11.1. The van der Waals surface area contributed by atoms with Gasteiger partial charge in [0.05, 0.1) is 13.7 Å². The number of benzene rings is 1. The molecule has 0 spiro atoms. The fourth-order valence-electron chi connectivity index (χ4n) is 1.48. The summed E-state index contributed by atoms with van der Waals surface area (Å²) in [5.41, 5.74) is 0.266. The van der Waals surface area contributed by atoms with Crippen molar-refractivity contribution in [3.63, 3.8) is 0 Å². The van der Waals surface area contributed by atoms with Crippen LogP contribution in [0.2, 0.25) is 0 Å². The smallest absolute Gasteiger partial charge is 0.228 e. The van der Waals surface area contributed by atoms with Crippen LogP contribution >= 0.6 is 0 Å². The number of rotatable bonds is 7. The maximum absolute atomic E-state index is 10.7. The van der Waals surface area contributed by atoms with Crippen molar-refractivity contribution in [2.24, 2.45) is 0 Å². The van der Waals surface area contributed by atoms with Gasteiger partial charge in [0, 0.05) is 18.8 Å². The molecule has 100 valence electrons. The summed E-state index contributed by atoms with van der Waals surface area (Å²) in [6, 6.07) is 7.82. The van der Waals surface area contributed by atoms with E-state index in [-0.39, 0.29) is 4.92 Å². The highest BCUT2D eigenvalue weighted by atomic mass is 16.6. The van der Waals surface area contributed by atoms with Crippen LogP contribution in [0.4, 0.5) is 0 Å². The number of methoxy groups -OCH3 is 1. The Morgan fingerprint density at radius 1 is 1.33 bits per heavy atom. The van der Waals surface area contributed by atoms with E-state index < -0.39 is 5.54 Å². The molecule has 0 aliphatic rings. The van der Waals surface area contributed by atoms with E-state index in [1.54, 1.807) is 21.0 Å². The first-order valence-corrected chi connectivity index (χ1v) is 5.94. The molecule has 18 heavy (non-hydrogen) atoms. The molecule has 1 aromatic carbocycles. The Kier molecular flexibility index (Phi) is 5.09. The summed E-state index contributed by atoms with van der Waals surface area (Å²) in [5.74, 6) is 0.834. The summed E-state index contributed by atoms with van der Waals surface area (Å²) in [6.45, 7) is 4.33. The molecule has 0 bridgehead atoms. The van der Waals surface area contributed by atoms with Gasteiger partial charge in [-0.3, -0.25) is 10.1 Å². The van der Waals surface area contributed by atoms with Crippen molar-refractivity contribution in [1.29, 1.82) is 0 Å². The van der Waals surface area contributed by atoms with Gasteiger partial charge < -0.3 is 10.1 Å². The topological polar surface area (TPSA) is 64.4 Å². The second kappa shape index (κ2) is 6.35. The molecule has 0 aromatic heterocycles. The largest absolute Gasteiger partial charge is 0.497 e. The van der Waals surface area contributed by atoms with Gasteiger partial charge in [-0.25, -0.2) is 0 Å². The lowest BCUT2D eigenvalue weighted by atomic mass is 10.1. The molecule has 0 unspecified atom stereocenters. The molecule has 0 saturated heterocycles. The van der Waals surface area contributed by atoms with Gasteiger partial charge in [0.15, 0.2) is 0 Å². The van der Waals surface area contributed by atoms with E-state index in [9.17, 15) is 10.1 Å². The second-order valence-corrected chi connectivity index (χ2v) is 4.84. The minimum absolute atomic E-state index is 0.257. The lowest BCUT2D eigenvalue weighted by molar-refractivity contribution is -0.558. The van der Waals surface area contributed by atoms with Gasteiger partial charge in [0.1, 0.15) is 5.75 Å². The highest BCUT2D eigenvalue weighted by molar-refractivity contribution is 5.27. The second-order valence-electron chi connectivity index (χ2n) is 4.84. The first kappa shape index (κ1) is 14.4. The third-order valence-corrected chi connectivity index (χ3v) is 2.80. The van der Waals surface area contributed by atoms with E-state index in [1.807, 2.05) is 24.3 Å². The molecule has 1 aromatic rings. The van der Waals surface area contributed by atoms with Crippen molar-refractivity contribution in [3.8, 4) is 5.75 Å². The third kappa shape index (κ3) is 4.33. The molecule has 0 aliphatic carbocycles. The van der Waals surface area contributed by atoms with Gasteiger partial charge in [-0.2, -0.15) is 0 Å². The molecule has 5 nitrogen and oxygen atoms in total. The van der Waals surface area contributed by atoms with Crippen LogP contribution < -0.4 is 10.1 Å². The highest BCUT2D eigenvalue weighted by Crippen LogP contribution is 2.11. The standard InChI is InChI=1S/C13H20N2O3/c1-13(2,15(16)17)10-14-9-8-11-4-6-12(18-3)7-5-11/h4-7,14H,8-10H2,1-3H3. The first-order valence-electron chi connectivity index (χ1n) is 5.94. The van der Waals surface area contributed by atoms with Crippen LogP contribution in [0.1, 0.15) is 19.4 Å². The molecule has 5 heteroatoms. The van der Waals surface area contributed by atoms with E-state index >= 15 is 0 Å². The van der Waals surface area contributed by atoms with Crippen LogP contribution in [0.25, 0.3) is 0 Å². The summed E-state index contributed by atoms with van der Waals surface area (Å²) >= 11 is 0. The van der Waals surface area contributed by atoms with Gasteiger partial charge in [0.2, 0.25) is 5.54 Å². The average Bonchev–Trinajstić information content (AvgIpc) is 2.35. The van der Waals surface area contributed by atoms with Crippen LogP contribution in [-0.4, -0.2) is 30.7 Å². The zero-order chi connectivity index (χ0) is 13.6. The van der Waals surface area contributed by atoms with Crippen molar-refractivity contribution in [2.45, 2.75) is 25.8 Å². The van der Waals surface area contributed by atoms with E-state index in [0.29, 0.717) is 6.54 Å². The lowest BCUT2D eigenvalue weighted by Crippen LogP contribution is -2.42. The molecule has 1 N–H and O–H groups in total. The number of hydrogen-bond donors (Lipinski definition) is 1. The van der Waals surface area contributed by atoms with Crippen molar-refractivity contribution in [2.75, 3.05) is 20.2 Å². The number of nitrogens with one attached hydrogen (secondary N) is 1. The quantitative estimate of drug-likeness (QED) is 0.457. The average molecular weight is 252 g/mol. The first-order chi connectivity index (χ1) is 8.45. The third-order valence-electron chi connectivity index (χ3n) is 2.80. The van der Waals surface area contributed by atoms with Crippen LogP contribution in [0, 0.1) is 10.1 Å². The minimum atomic E-state index is -0.917. The fraction of sp³-hybridized carbons (Fsp3) is 0.538. The summed E-state index contributed by atoms with van der Waals surface area (Å²) in [7, 11) is 1.64. The summed E-state index contributed by atoms with van der Waals surface area (Å²) in [6.07, 6.45) is 0.845.